The van der Waals surface area contributed by atoms with Crippen molar-refractivity contribution in [1.29, 1.82) is 0 Å². The Hall–Kier alpha value is -3.58. The van der Waals surface area contributed by atoms with Crippen molar-refractivity contribution in [2.75, 3.05) is 26.8 Å². The number of hydrogen-bond acceptors (Lipinski definition) is 5. The Kier molecular flexibility index (Phi) is 8.21. The molecule has 35 heavy (non-hydrogen) atoms. The molecule has 6 nitrogen and oxygen atoms in total. The molecule has 0 fully saturated rings. The molecule has 0 radical (unpaired) electrons. The zero-order valence-corrected chi connectivity index (χ0v) is 19.9. The van der Waals surface area contributed by atoms with E-state index in [-0.39, 0.29) is 5.89 Å². The lowest BCUT2D eigenvalue weighted by Crippen LogP contribution is -2.29. The lowest BCUT2D eigenvalue weighted by molar-refractivity contribution is -0.0444. The van der Waals surface area contributed by atoms with Crippen LogP contribution in [0.1, 0.15) is 38.7 Å². The lowest BCUT2D eigenvalue weighted by atomic mass is 9.86. The van der Waals surface area contributed by atoms with Gasteiger partial charge in [-0.1, -0.05) is 84.9 Å². The molecule has 1 heterocycles. The molecule has 0 saturated carbocycles. The van der Waals surface area contributed by atoms with Gasteiger partial charge in [0.2, 0.25) is 5.89 Å². The molecule has 0 aliphatic rings. The highest BCUT2D eigenvalue weighted by molar-refractivity contribution is 5.74. The molecule has 0 aliphatic carbocycles. The Bertz CT molecular complexity index is 1150. The van der Waals surface area contributed by atoms with Gasteiger partial charge in [-0.3, -0.25) is 9.69 Å². The first kappa shape index (κ1) is 24.5. The van der Waals surface area contributed by atoms with Crippen molar-refractivity contribution in [3.63, 3.8) is 0 Å². The first-order chi connectivity index (χ1) is 17.1. The normalized spacial score (nSPS) is 11.6. The smallest absolute Gasteiger partial charge is 0.236 e. The van der Waals surface area contributed by atoms with Gasteiger partial charge in [-0.25, -0.2) is 4.98 Å². The summed E-state index contributed by atoms with van der Waals surface area (Å²) in [6.07, 6.45) is 3.39. The second kappa shape index (κ2) is 11.7. The number of carbonyl (C=O) groups is 1. The third kappa shape index (κ3) is 6.11. The molecule has 3 aromatic carbocycles. The summed E-state index contributed by atoms with van der Waals surface area (Å²) in [6, 6.07) is 26.5. The van der Waals surface area contributed by atoms with Gasteiger partial charge in [-0.15, -0.1) is 0 Å². The number of carbonyl (C=O) groups excluding carboxylic acids is 1. The molecule has 1 aromatic heterocycles. The fourth-order valence-electron chi connectivity index (χ4n) is 3.99. The van der Waals surface area contributed by atoms with E-state index in [1.54, 1.807) is 6.20 Å². The zero-order chi connectivity index (χ0) is 24.5. The maximum Gasteiger partial charge on any atom is 0.236 e. The van der Waals surface area contributed by atoms with E-state index in [0.29, 0.717) is 35.6 Å². The van der Waals surface area contributed by atoms with Crippen molar-refractivity contribution in [2.45, 2.75) is 18.6 Å². The van der Waals surface area contributed by atoms with E-state index in [0.717, 1.165) is 25.9 Å². The standard InChI is InChI=1S/C29H30N2O4/c1-31(17-19-34-18-16-23-12-14-24(22-32)15-13-23)21-27-20-30-28(35-27)29(33,25-8-4-2-5-9-25)26-10-6-3-7-11-26/h2-15,20,22,33H,16-19,21H2,1H3/p+1. The number of aliphatic hydroxyl groups is 3. The summed E-state index contributed by atoms with van der Waals surface area (Å²) >= 11 is 0. The quantitative estimate of drug-likeness (QED) is 0.192. The largest absolute Gasteiger partial charge is 0.441 e. The van der Waals surface area contributed by atoms with E-state index in [1.165, 1.54) is 5.56 Å². The lowest BCUT2D eigenvalue weighted by Gasteiger charge is -2.26. The van der Waals surface area contributed by atoms with Crippen molar-refractivity contribution in [3.05, 3.63) is 125 Å². The summed E-state index contributed by atoms with van der Waals surface area (Å²) in [4.78, 5) is 17.3. The first-order valence-corrected chi connectivity index (χ1v) is 11.7. The maximum atomic E-state index is 11.8. The average Bonchev–Trinajstić information content (AvgIpc) is 3.38. The second-order valence-corrected chi connectivity index (χ2v) is 8.59. The molecular formula is C29H31N2O4+. The summed E-state index contributed by atoms with van der Waals surface area (Å²) in [5.74, 6) is 0.937. The number of rotatable bonds is 12. The van der Waals surface area contributed by atoms with Crippen LogP contribution in [-0.2, 0) is 18.6 Å². The zero-order valence-electron chi connectivity index (χ0n) is 19.9. The minimum Gasteiger partial charge on any atom is -0.441 e. The number of aromatic nitrogens is 1. The first-order valence-electron chi connectivity index (χ1n) is 11.7. The maximum absolute atomic E-state index is 11.8. The van der Waals surface area contributed by atoms with Crippen molar-refractivity contribution in [2.24, 2.45) is 0 Å². The Morgan fingerprint density at radius 2 is 1.57 bits per heavy atom. The van der Waals surface area contributed by atoms with Crippen LogP contribution >= 0.6 is 0 Å². The molecule has 4 rings (SSSR count). The summed E-state index contributed by atoms with van der Waals surface area (Å²) < 4.78 is 10.7. The van der Waals surface area contributed by atoms with Gasteiger partial charge < -0.3 is 14.3 Å². The minimum absolute atomic E-state index is 0.253. The van der Waals surface area contributed by atoms with Gasteiger partial charge in [0.05, 0.1) is 19.3 Å². The van der Waals surface area contributed by atoms with E-state index >= 15 is 0 Å². The van der Waals surface area contributed by atoms with Crippen LogP contribution in [0.3, 0.4) is 0 Å². The van der Waals surface area contributed by atoms with Crippen LogP contribution in [0.5, 0.6) is 0 Å². The number of nitrogens with zero attached hydrogens (tertiary/aromatic N) is 2. The van der Waals surface area contributed by atoms with Crippen LogP contribution in [0.2, 0.25) is 0 Å². The molecule has 0 saturated heterocycles. The summed E-state index contributed by atoms with van der Waals surface area (Å²) in [5, 5.41) is 11.8. The molecule has 0 unspecified atom stereocenters. The molecule has 0 spiro atoms. The van der Waals surface area contributed by atoms with Crippen LogP contribution in [0.4, 0.5) is 0 Å². The number of hydrogen-bond donors (Lipinski definition) is 1. The second-order valence-electron chi connectivity index (χ2n) is 8.59. The Labute approximate surface area is 205 Å². The van der Waals surface area contributed by atoms with E-state index in [4.69, 9.17) is 4.42 Å². The molecule has 6 heteroatoms. The highest BCUT2D eigenvalue weighted by Gasteiger charge is 2.38. The molecule has 2 N–H and O–H groups in total. The van der Waals surface area contributed by atoms with Gasteiger partial charge in [-0.2, -0.15) is 0 Å². The van der Waals surface area contributed by atoms with Gasteiger partial charge >= 0.3 is 0 Å². The summed E-state index contributed by atoms with van der Waals surface area (Å²) in [6.45, 7) is 2.79. The van der Waals surface area contributed by atoms with E-state index < -0.39 is 5.60 Å². The molecule has 4 aromatic rings. The van der Waals surface area contributed by atoms with Crippen LogP contribution in [0, 0.1) is 0 Å². The topological polar surface area (TPSA) is 79.4 Å². The molecule has 180 valence electrons. The van der Waals surface area contributed by atoms with Crippen molar-refractivity contribution in [1.82, 2.24) is 9.88 Å². The fraction of sp³-hybridized carbons (Fsp3) is 0.241. The van der Waals surface area contributed by atoms with Crippen LogP contribution in [0.25, 0.3) is 0 Å². The highest BCUT2D eigenvalue weighted by Crippen LogP contribution is 2.36. The number of likely N-dealkylation sites (N-methyl/N-ethyl adjacent to an activating group) is 1. The van der Waals surface area contributed by atoms with Crippen molar-refractivity contribution < 1.29 is 19.1 Å². The fourth-order valence-corrected chi connectivity index (χ4v) is 3.99. The third-order valence-electron chi connectivity index (χ3n) is 5.99. The Morgan fingerprint density at radius 1 is 0.943 bits per heavy atom. The number of aldehydes is 1. The summed E-state index contributed by atoms with van der Waals surface area (Å²) in [7, 11) is 2.01. The Balaban J connectivity index is 1.33. The highest BCUT2D eigenvalue weighted by atomic mass is 16.5. The Morgan fingerprint density at radius 3 is 2.17 bits per heavy atom. The number of ether oxygens (including phenoxy) is 1. The molecule has 0 bridgehead atoms. The van der Waals surface area contributed by atoms with Gasteiger partial charge in [0.25, 0.3) is 0 Å². The van der Waals surface area contributed by atoms with Gasteiger partial charge in [0.1, 0.15) is 18.7 Å². The van der Waals surface area contributed by atoms with Crippen molar-refractivity contribution >= 4 is 6.29 Å². The molecule has 0 atom stereocenters. The monoisotopic (exact) mass is 471 g/mol. The van der Waals surface area contributed by atoms with Gasteiger partial charge in [0.15, 0.2) is 12.2 Å². The minimum atomic E-state index is -1.47. The summed E-state index contributed by atoms with van der Waals surface area (Å²) in [5.41, 5.74) is 1.79. The third-order valence-corrected chi connectivity index (χ3v) is 5.99. The van der Waals surface area contributed by atoms with Crippen molar-refractivity contribution in [3.8, 4) is 0 Å². The predicted molar refractivity (Wildman–Crippen MR) is 135 cm³/mol. The predicted octanol–water partition coefficient (Wildman–Crippen LogP) is 3.97. The van der Waals surface area contributed by atoms with E-state index in [1.807, 2.05) is 92.0 Å². The van der Waals surface area contributed by atoms with Gasteiger partial charge in [-0.05, 0) is 23.7 Å². The van der Waals surface area contributed by atoms with Crippen LogP contribution in [-0.4, -0.2) is 52.8 Å². The molecule has 0 amide bonds. The van der Waals surface area contributed by atoms with E-state index in [9.17, 15) is 9.90 Å². The number of benzene rings is 3. The van der Waals surface area contributed by atoms with Gasteiger partial charge in [0, 0.05) is 12.0 Å². The molecular weight excluding hydrogens is 440 g/mol. The molecule has 0 aliphatic heterocycles. The number of oxazole rings is 1. The SMILES string of the molecule is CN(CC[OH+]CCc1ccc(C=O)cc1)Cc1cnc(C(O)(c2ccccc2)c2ccccc2)o1. The van der Waals surface area contributed by atoms with Crippen LogP contribution < -0.4 is 0 Å². The van der Waals surface area contributed by atoms with E-state index in [2.05, 4.69) is 14.6 Å². The van der Waals surface area contributed by atoms with Crippen LogP contribution in [0.15, 0.2) is 95.5 Å². The average molecular weight is 472 g/mol.